The third-order valence-electron chi connectivity index (χ3n) is 5.02. The van der Waals surface area contributed by atoms with E-state index >= 15 is 0 Å². The second kappa shape index (κ2) is 8.61. The topological polar surface area (TPSA) is 3.88 Å². The van der Waals surface area contributed by atoms with Crippen molar-refractivity contribution >= 4 is 0 Å². The maximum absolute atomic E-state index is 9.14. The van der Waals surface area contributed by atoms with Crippen LogP contribution < -0.4 is 4.57 Å². The zero-order chi connectivity index (χ0) is 29.1. The van der Waals surface area contributed by atoms with Crippen LogP contribution in [-0.2, 0) is 19.8 Å². The van der Waals surface area contributed by atoms with E-state index in [2.05, 4.69) is 0 Å². The molecule has 0 spiro atoms. The second-order valence-electron chi connectivity index (χ2n) is 10.4. The Kier molecular flexibility index (Phi) is 4.28. The van der Waals surface area contributed by atoms with Crippen LogP contribution in [0.25, 0.3) is 22.4 Å². The first-order chi connectivity index (χ1) is 17.1. The predicted octanol–water partition coefficient (Wildman–Crippen LogP) is 7.64. The van der Waals surface area contributed by atoms with Gasteiger partial charge in [-0.2, -0.15) is 0 Å². The fourth-order valence-corrected chi connectivity index (χ4v) is 3.77. The molecule has 3 aromatic rings. The summed E-state index contributed by atoms with van der Waals surface area (Å²) >= 11 is 0. The standard InChI is InChI=1S/C30H40N/c1-21-15-22(2)27(17-26(21)23-13-11-10-12-14-23)28-16-24(18-29(3,4)5)25(20-31(28)9)19-30(6,7)8/h10-17,20H,18-19H2,1-9H3/q+1/i1D3,18D2,19D2. The molecule has 164 valence electrons. The summed E-state index contributed by atoms with van der Waals surface area (Å²) in [6.07, 6.45) is -1.95. The molecule has 0 aliphatic rings. The smallest absolute Gasteiger partial charge is 0.201 e. The first-order valence-electron chi connectivity index (χ1n) is 14.4. The molecule has 0 aliphatic heterocycles. The van der Waals surface area contributed by atoms with Crippen LogP contribution in [0.2, 0.25) is 0 Å². The van der Waals surface area contributed by atoms with Crippen LogP contribution in [-0.4, -0.2) is 0 Å². The number of pyridine rings is 1. The van der Waals surface area contributed by atoms with Crippen molar-refractivity contribution in [3.8, 4) is 22.4 Å². The summed E-state index contributed by atoms with van der Waals surface area (Å²) in [6.45, 7) is 10.5. The minimum atomic E-state index is -2.31. The molecule has 0 bridgehead atoms. The van der Waals surface area contributed by atoms with Crippen molar-refractivity contribution in [1.29, 1.82) is 0 Å². The summed E-state index contributed by atoms with van der Waals surface area (Å²) in [4.78, 5) is 0. The SMILES string of the molecule is [2H]C([2H])([2H])c1cc(C)c(-c2cc(C([2H])([2H])C(C)(C)C)c(C([2H])([2H])C(C)(C)C)c[n+]2C)cc1-c1ccccc1. The number of rotatable bonds is 4. The van der Waals surface area contributed by atoms with E-state index < -0.39 is 30.4 Å². The molecule has 0 aliphatic carbocycles. The Morgan fingerprint density at radius 1 is 0.806 bits per heavy atom. The van der Waals surface area contributed by atoms with Gasteiger partial charge >= 0.3 is 0 Å². The van der Waals surface area contributed by atoms with Gasteiger partial charge < -0.3 is 0 Å². The maximum Gasteiger partial charge on any atom is 0.212 e. The average Bonchev–Trinajstić information content (AvgIpc) is 2.77. The van der Waals surface area contributed by atoms with Crippen molar-refractivity contribution in [3.63, 3.8) is 0 Å². The van der Waals surface area contributed by atoms with E-state index in [0.717, 1.165) is 16.7 Å². The average molecular weight is 422 g/mol. The van der Waals surface area contributed by atoms with Gasteiger partial charge in [0.15, 0.2) is 6.20 Å². The molecule has 31 heavy (non-hydrogen) atoms. The second-order valence-corrected chi connectivity index (χ2v) is 10.4. The van der Waals surface area contributed by atoms with Crippen LogP contribution in [0.15, 0.2) is 54.7 Å². The summed E-state index contributed by atoms with van der Waals surface area (Å²) in [5.41, 5.74) is 2.90. The van der Waals surface area contributed by atoms with E-state index in [4.69, 9.17) is 9.60 Å². The van der Waals surface area contributed by atoms with Crippen molar-refractivity contribution < 1.29 is 14.2 Å². The first kappa shape index (κ1) is 15.4. The number of hydrogen-bond acceptors (Lipinski definition) is 0. The number of benzene rings is 2. The van der Waals surface area contributed by atoms with Crippen LogP contribution in [0.4, 0.5) is 0 Å². The van der Waals surface area contributed by atoms with Gasteiger partial charge in [0.1, 0.15) is 7.05 Å². The third-order valence-corrected chi connectivity index (χ3v) is 5.02. The van der Waals surface area contributed by atoms with Crippen LogP contribution in [0.1, 0.15) is 73.4 Å². The Labute approximate surface area is 200 Å². The quantitative estimate of drug-likeness (QED) is 0.381. The van der Waals surface area contributed by atoms with Gasteiger partial charge in [0.2, 0.25) is 5.69 Å². The highest BCUT2D eigenvalue weighted by molar-refractivity contribution is 5.75. The lowest BCUT2D eigenvalue weighted by molar-refractivity contribution is -0.660. The lowest BCUT2D eigenvalue weighted by Crippen LogP contribution is -2.33. The molecular weight excluding hydrogens is 374 g/mol. The number of nitrogens with zero attached hydrogens (tertiary/aromatic N) is 1. The van der Waals surface area contributed by atoms with Gasteiger partial charge in [-0.1, -0.05) is 77.9 Å². The highest BCUT2D eigenvalue weighted by Gasteiger charge is 2.24. The molecule has 0 unspecified atom stereocenters. The van der Waals surface area contributed by atoms with E-state index in [-0.39, 0.29) is 5.56 Å². The lowest BCUT2D eigenvalue weighted by Gasteiger charge is -2.24. The summed E-state index contributed by atoms with van der Waals surface area (Å²) in [7, 11) is 1.83. The van der Waals surface area contributed by atoms with E-state index in [1.807, 2.05) is 96.5 Å². The van der Waals surface area contributed by atoms with Gasteiger partial charge in [-0.05, 0) is 71.2 Å². The van der Waals surface area contributed by atoms with Crippen molar-refractivity contribution in [2.75, 3.05) is 0 Å². The zero-order valence-corrected chi connectivity index (χ0v) is 20.1. The minimum absolute atomic E-state index is 0.263. The molecule has 0 amide bonds. The van der Waals surface area contributed by atoms with Crippen molar-refractivity contribution in [2.24, 2.45) is 17.9 Å². The summed E-state index contributed by atoms with van der Waals surface area (Å²) < 4.78 is 62.6. The minimum Gasteiger partial charge on any atom is -0.201 e. The molecule has 2 aromatic carbocycles. The Morgan fingerprint density at radius 3 is 2.00 bits per heavy atom. The van der Waals surface area contributed by atoms with Gasteiger partial charge in [-0.25, -0.2) is 4.57 Å². The van der Waals surface area contributed by atoms with Gasteiger partial charge in [-0.15, -0.1) is 0 Å². The van der Waals surface area contributed by atoms with Crippen LogP contribution >= 0.6 is 0 Å². The Bertz CT molecular complexity index is 1330. The third kappa shape index (κ3) is 5.85. The van der Waals surface area contributed by atoms with Gasteiger partial charge in [0.05, 0.1) is 0 Å². The fraction of sp³-hybridized carbons (Fsp3) is 0.433. The Hall–Kier alpha value is -2.41. The van der Waals surface area contributed by atoms with Gasteiger partial charge in [0, 0.05) is 26.8 Å². The first-order valence-corrected chi connectivity index (χ1v) is 10.9. The number of aryl methyl sites for hydroxylation is 3. The Balaban J connectivity index is 2.44. The van der Waals surface area contributed by atoms with Crippen molar-refractivity contribution in [3.05, 3.63) is 77.0 Å². The lowest BCUT2D eigenvalue weighted by atomic mass is 9.81. The molecule has 0 saturated carbocycles. The molecule has 0 N–H and O–H groups in total. The molecule has 0 saturated heterocycles. The molecule has 0 fully saturated rings. The Morgan fingerprint density at radius 2 is 1.42 bits per heavy atom. The summed E-state index contributed by atoms with van der Waals surface area (Å²) in [6, 6.07) is 14.7. The molecule has 1 nitrogen and oxygen atoms in total. The van der Waals surface area contributed by atoms with E-state index in [1.54, 1.807) is 18.3 Å². The van der Waals surface area contributed by atoms with E-state index in [0.29, 0.717) is 22.4 Å². The number of hydrogen-bond donors (Lipinski definition) is 0. The van der Waals surface area contributed by atoms with Crippen molar-refractivity contribution in [1.82, 2.24) is 0 Å². The van der Waals surface area contributed by atoms with Crippen molar-refractivity contribution in [2.45, 2.75) is 68.1 Å². The van der Waals surface area contributed by atoms with E-state index in [9.17, 15) is 0 Å². The normalized spacial score (nSPS) is 17.0. The highest BCUT2D eigenvalue weighted by Crippen LogP contribution is 2.34. The van der Waals surface area contributed by atoms with Crippen LogP contribution in [0, 0.1) is 24.6 Å². The molecule has 1 aromatic heterocycles. The molecular formula is C30H40N+. The molecule has 3 rings (SSSR count). The molecule has 0 radical (unpaired) electrons. The summed E-state index contributed by atoms with van der Waals surface area (Å²) in [5, 5.41) is 0. The molecule has 1 heteroatoms. The number of aromatic nitrogens is 1. The molecule has 0 atom stereocenters. The zero-order valence-electron chi connectivity index (χ0n) is 27.1. The predicted molar refractivity (Wildman–Crippen MR) is 134 cm³/mol. The fourth-order valence-electron chi connectivity index (χ4n) is 3.77. The van der Waals surface area contributed by atoms with Gasteiger partial charge in [0.25, 0.3) is 0 Å². The summed E-state index contributed by atoms with van der Waals surface area (Å²) in [5.74, 6) is 0. The largest absolute Gasteiger partial charge is 0.212 e. The highest BCUT2D eigenvalue weighted by atomic mass is 14.9. The van der Waals surface area contributed by atoms with Crippen LogP contribution in [0.5, 0.6) is 0 Å². The monoisotopic (exact) mass is 421 g/mol. The van der Waals surface area contributed by atoms with Gasteiger partial charge in [-0.3, -0.25) is 0 Å². The van der Waals surface area contributed by atoms with E-state index in [1.165, 1.54) is 0 Å². The van der Waals surface area contributed by atoms with Crippen LogP contribution in [0.3, 0.4) is 0 Å². The molecule has 1 heterocycles. The maximum atomic E-state index is 9.14.